The van der Waals surface area contributed by atoms with Crippen molar-refractivity contribution in [2.45, 2.75) is 31.1 Å². The lowest BCUT2D eigenvalue weighted by Gasteiger charge is -2.21. The first-order chi connectivity index (χ1) is 11.1. The van der Waals surface area contributed by atoms with Crippen LogP contribution in [-0.2, 0) is 15.5 Å². The average molecular weight is 346 g/mol. The minimum absolute atomic E-state index is 0.138. The molecule has 24 heavy (non-hydrogen) atoms. The van der Waals surface area contributed by atoms with Crippen molar-refractivity contribution < 1.29 is 18.1 Å². The van der Waals surface area contributed by atoms with Crippen LogP contribution in [0.4, 0.5) is 0 Å². The first-order valence-corrected chi connectivity index (χ1v) is 8.81. The molecule has 0 unspecified atom stereocenters. The van der Waals surface area contributed by atoms with Gasteiger partial charge in [-0.3, -0.25) is 4.55 Å². The molecule has 0 radical (unpaired) electrons. The molecule has 3 rings (SSSR count). The van der Waals surface area contributed by atoms with Gasteiger partial charge in [-0.1, -0.05) is 32.9 Å². The number of aromatic nitrogens is 2. The Morgan fingerprint density at radius 3 is 2.46 bits per heavy atom. The summed E-state index contributed by atoms with van der Waals surface area (Å²) < 4.78 is 31.6. The number of nitrogens with one attached hydrogen (secondary N) is 1. The van der Waals surface area contributed by atoms with Crippen LogP contribution >= 0.6 is 0 Å². The summed E-state index contributed by atoms with van der Waals surface area (Å²) in [5.74, 6) is 0.570. The maximum Gasteiger partial charge on any atom is 0.294 e. The fraction of sp³-hybridized carbons (Fsp3) is 0.235. The molecule has 0 saturated heterocycles. The third-order valence-electron chi connectivity index (χ3n) is 3.85. The Kier molecular flexibility index (Phi) is 3.65. The Morgan fingerprint density at radius 2 is 1.83 bits per heavy atom. The molecule has 2 aromatic carbocycles. The van der Waals surface area contributed by atoms with Gasteiger partial charge in [0.2, 0.25) is 0 Å². The topological polar surface area (TPSA) is 103 Å². The molecular weight excluding hydrogens is 328 g/mol. The van der Waals surface area contributed by atoms with Gasteiger partial charge in [-0.25, -0.2) is 4.98 Å². The van der Waals surface area contributed by atoms with E-state index in [1.807, 2.05) is 32.9 Å². The van der Waals surface area contributed by atoms with Gasteiger partial charge in [0.05, 0.1) is 21.5 Å². The maximum absolute atomic E-state index is 11.2. The molecule has 0 aliphatic rings. The second kappa shape index (κ2) is 5.32. The Hall–Kier alpha value is -2.38. The highest BCUT2D eigenvalue weighted by molar-refractivity contribution is 7.85. The number of rotatable bonds is 2. The fourth-order valence-corrected chi connectivity index (χ4v) is 3.12. The van der Waals surface area contributed by atoms with Crippen molar-refractivity contribution in [3.05, 3.63) is 42.0 Å². The van der Waals surface area contributed by atoms with Crippen molar-refractivity contribution >= 4 is 21.2 Å². The maximum atomic E-state index is 11.2. The number of hydrogen-bond acceptors (Lipinski definition) is 4. The predicted octanol–water partition coefficient (Wildman–Crippen LogP) is 3.48. The lowest BCUT2D eigenvalue weighted by Crippen LogP contribution is -2.11. The zero-order chi connectivity index (χ0) is 17.7. The summed E-state index contributed by atoms with van der Waals surface area (Å²) in [6, 6.07) is 9.54. The van der Waals surface area contributed by atoms with E-state index in [-0.39, 0.29) is 16.1 Å². The largest absolute Gasteiger partial charge is 0.507 e. The van der Waals surface area contributed by atoms with Crippen LogP contribution in [0.1, 0.15) is 26.3 Å². The minimum Gasteiger partial charge on any atom is -0.507 e. The molecule has 6 nitrogen and oxygen atoms in total. The van der Waals surface area contributed by atoms with E-state index in [1.54, 1.807) is 6.07 Å². The highest BCUT2D eigenvalue weighted by Gasteiger charge is 2.21. The second-order valence-corrected chi connectivity index (χ2v) is 8.11. The van der Waals surface area contributed by atoms with Crippen LogP contribution in [0, 0.1) is 0 Å². The molecule has 0 saturated carbocycles. The van der Waals surface area contributed by atoms with Crippen molar-refractivity contribution in [2.24, 2.45) is 0 Å². The Morgan fingerprint density at radius 1 is 1.12 bits per heavy atom. The van der Waals surface area contributed by atoms with Gasteiger partial charge in [0, 0.05) is 0 Å². The van der Waals surface area contributed by atoms with Crippen LogP contribution in [0.5, 0.6) is 5.75 Å². The van der Waals surface area contributed by atoms with Crippen molar-refractivity contribution in [3.8, 4) is 17.1 Å². The summed E-state index contributed by atoms with van der Waals surface area (Å²) >= 11 is 0. The number of benzene rings is 2. The van der Waals surface area contributed by atoms with E-state index in [2.05, 4.69) is 9.97 Å². The van der Waals surface area contributed by atoms with Crippen LogP contribution in [-0.4, -0.2) is 28.0 Å². The summed E-state index contributed by atoms with van der Waals surface area (Å²) in [4.78, 5) is 7.18. The van der Waals surface area contributed by atoms with E-state index in [0.29, 0.717) is 22.4 Å². The Balaban J connectivity index is 2.18. The van der Waals surface area contributed by atoms with Crippen LogP contribution in [0.25, 0.3) is 22.4 Å². The third-order valence-corrected chi connectivity index (χ3v) is 4.70. The van der Waals surface area contributed by atoms with Crippen LogP contribution < -0.4 is 0 Å². The molecule has 0 bridgehead atoms. The zero-order valence-electron chi connectivity index (χ0n) is 13.5. The molecule has 0 fully saturated rings. The second-order valence-electron chi connectivity index (χ2n) is 6.69. The number of fused-ring (bicyclic) bond motifs is 1. The Labute approximate surface area is 139 Å². The van der Waals surface area contributed by atoms with Crippen molar-refractivity contribution in [1.29, 1.82) is 0 Å². The summed E-state index contributed by atoms with van der Waals surface area (Å²) in [5, 5.41) is 10.6. The van der Waals surface area contributed by atoms with E-state index in [0.717, 1.165) is 5.56 Å². The fourth-order valence-electron chi connectivity index (χ4n) is 2.62. The number of H-pyrrole nitrogens is 1. The quantitative estimate of drug-likeness (QED) is 0.616. The van der Waals surface area contributed by atoms with Gasteiger partial charge in [0.15, 0.2) is 0 Å². The van der Waals surface area contributed by atoms with Gasteiger partial charge < -0.3 is 10.1 Å². The van der Waals surface area contributed by atoms with E-state index in [4.69, 9.17) is 4.55 Å². The van der Waals surface area contributed by atoms with Gasteiger partial charge in [-0.15, -0.1) is 0 Å². The van der Waals surface area contributed by atoms with E-state index < -0.39 is 10.1 Å². The smallest absolute Gasteiger partial charge is 0.294 e. The highest BCUT2D eigenvalue weighted by atomic mass is 32.2. The lowest BCUT2D eigenvalue weighted by molar-refractivity contribution is 0.448. The average Bonchev–Trinajstić information content (AvgIpc) is 2.87. The van der Waals surface area contributed by atoms with Crippen molar-refractivity contribution in [2.75, 3.05) is 0 Å². The lowest BCUT2D eigenvalue weighted by atomic mass is 9.85. The van der Waals surface area contributed by atoms with E-state index >= 15 is 0 Å². The summed E-state index contributed by atoms with van der Waals surface area (Å²) in [6.45, 7) is 6.01. The number of aromatic hydroxyl groups is 1. The van der Waals surface area contributed by atoms with Crippen LogP contribution in [0.15, 0.2) is 41.3 Å². The first-order valence-electron chi connectivity index (χ1n) is 7.37. The molecule has 0 aliphatic heterocycles. The molecule has 0 atom stereocenters. The van der Waals surface area contributed by atoms with Gasteiger partial charge in [0.25, 0.3) is 10.1 Å². The van der Waals surface area contributed by atoms with Crippen molar-refractivity contribution in [3.63, 3.8) is 0 Å². The summed E-state index contributed by atoms with van der Waals surface area (Å²) in [6.07, 6.45) is 0. The van der Waals surface area contributed by atoms with Gasteiger partial charge >= 0.3 is 0 Å². The van der Waals surface area contributed by atoms with Gasteiger partial charge in [-0.2, -0.15) is 8.42 Å². The molecule has 3 aromatic rings. The highest BCUT2D eigenvalue weighted by Crippen LogP contribution is 2.37. The standard InChI is InChI=1S/C17H18N2O4S/c1-17(2,3)12-6-4-5-11(15(12)20)16-18-13-8-7-10(24(21,22)23)9-14(13)19-16/h4-9,20H,1-3H3,(H,18,19)(H,21,22,23). The molecule has 1 heterocycles. The molecule has 0 spiro atoms. The number of phenolic OH excluding ortho intramolecular Hbond substituents is 1. The monoisotopic (exact) mass is 346 g/mol. The molecule has 1 aromatic heterocycles. The number of imidazole rings is 1. The predicted molar refractivity (Wildman–Crippen MR) is 91.7 cm³/mol. The molecule has 126 valence electrons. The normalized spacial score (nSPS) is 12.7. The molecular formula is C17H18N2O4S. The summed E-state index contributed by atoms with van der Waals surface area (Å²) in [5.41, 5.74) is 2.09. The van der Waals surface area contributed by atoms with Crippen LogP contribution in [0.2, 0.25) is 0 Å². The van der Waals surface area contributed by atoms with Gasteiger partial charge in [0.1, 0.15) is 11.6 Å². The zero-order valence-corrected chi connectivity index (χ0v) is 14.3. The minimum atomic E-state index is -4.28. The molecule has 7 heteroatoms. The SMILES string of the molecule is CC(C)(C)c1cccc(-c2nc3ccc(S(=O)(=O)O)cc3[nH]2)c1O. The molecule has 3 N–H and O–H groups in total. The third kappa shape index (κ3) is 2.88. The molecule has 0 aliphatic carbocycles. The number of para-hydroxylation sites is 1. The molecule has 0 amide bonds. The van der Waals surface area contributed by atoms with E-state index in [9.17, 15) is 13.5 Å². The number of aromatic amines is 1. The number of hydrogen-bond donors (Lipinski definition) is 3. The van der Waals surface area contributed by atoms with Crippen LogP contribution in [0.3, 0.4) is 0 Å². The van der Waals surface area contributed by atoms with E-state index in [1.165, 1.54) is 18.2 Å². The van der Waals surface area contributed by atoms with Gasteiger partial charge in [-0.05, 0) is 35.2 Å². The number of phenols is 1. The Bertz CT molecular complexity index is 1030. The first kappa shape index (κ1) is 16.5. The summed E-state index contributed by atoms with van der Waals surface area (Å²) in [7, 11) is -4.28. The van der Waals surface area contributed by atoms with Crippen molar-refractivity contribution in [1.82, 2.24) is 9.97 Å². The number of nitrogens with zero attached hydrogens (tertiary/aromatic N) is 1.